The molecule has 1 aromatic heterocycles. The van der Waals surface area contributed by atoms with Crippen molar-refractivity contribution in [2.75, 3.05) is 23.8 Å². The van der Waals surface area contributed by atoms with E-state index < -0.39 is 5.82 Å². The minimum absolute atomic E-state index is 0.0372. The molecule has 1 aliphatic heterocycles. The molecule has 40 heavy (non-hydrogen) atoms. The second kappa shape index (κ2) is 13.1. The van der Waals surface area contributed by atoms with Crippen molar-refractivity contribution in [3.05, 3.63) is 76.5 Å². The molecule has 2 aromatic carbocycles. The van der Waals surface area contributed by atoms with Crippen molar-refractivity contribution < 1.29 is 18.7 Å². The summed E-state index contributed by atoms with van der Waals surface area (Å²) in [6.07, 6.45) is 5.92. The SMILES string of the molecule is N#Cc1ccc(NC[C@@H]2CCO2)c(NC(=O)C[C@H]2CC[C@H](Oc3nc(Cc4ccc(Cl)cc4)ncc3F)CC2)c1. The van der Waals surface area contributed by atoms with E-state index in [1.54, 1.807) is 24.3 Å². The van der Waals surface area contributed by atoms with E-state index >= 15 is 0 Å². The van der Waals surface area contributed by atoms with E-state index in [1.807, 2.05) is 18.2 Å². The standard InChI is InChI=1S/C30H31ClFN5O3/c31-22-6-1-19(2-7-22)14-28-35-18-25(32)30(37-28)40-23-8-3-20(4-9-23)15-29(38)36-27-13-21(16-33)5-10-26(27)34-17-24-11-12-39-24/h1-2,5-7,10,13,18,20,23-24,34H,3-4,8-9,11-12,14-15,17H2,(H,36,38)/t20-,23-,24-/m0/s1. The van der Waals surface area contributed by atoms with E-state index in [-0.39, 0.29) is 29.9 Å². The molecule has 8 nitrogen and oxygen atoms in total. The van der Waals surface area contributed by atoms with Crippen LogP contribution in [-0.4, -0.2) is 41.2 Å². The van der Waals surface area contributed by atoms with E-state index in [0.717, 1.165) is 43.3 Å². The van der Waals surface area contributed by atoms with Crippen molar-refractivity contribution >= 4 is 28.9 Å². The number of amides is 1. The Morgan fingerprint density at radius 1 is 1.12 bits per heavy atom. The number of carbonyl (C=O) groups is 1. The molecular weight excluding hydrogens is 533 g/mol. The van der Waals surface area contributed by atoms with Gasteiger partial charge in [-0.25, -0.2) is 4.98 Å². The predicted octanol–water partition coefficient (Wildman–Crippen LogP) is 5.90. The Morgan fingerprint density at radius 3 is 2.60 bits per heavy atom. The second-order valence-electron chi connectivity index (χ2n) is 10.3. The number of hydrogen-bond acceptors (Lipinski definition) is 7. The van der Waals surface area contributed by atoms with Crippen LogP contribution in [0.25, 0.3) is 0 Å². The van der Waals surface area contributed by atoms with Crippen LogP contribution in [0.3, 0.4) is 0 Å². The fourth-order valence-corrected chi connectivity index (χ4v) is 5.08. The summed E-state index contributed by atoms with van der Waals surface area (Å²) in [5, 5.41) is 16.2. The van der Waals surface area contributed by atoms with Crippen LogP contribution >= 0.6 is 11.6 Å². The number of rotatable bonds is 10. The number of hydrogen-bond donors (Lipinski definition) is 2. The molecule has 2 heterocycles. The third-order valence-corrected chi connectivity index (χ3v) is 7.57. The molecule has 5 rings (SSSR count). The first kappa shape index (κ1) is 27.8. The van der Waals surface area contributed by atoms with Gasteiger partial charge in [0.15, 0.2) is 0 Å². The topological polar surface area (TPSA) is 109 Å². The summed E-state index contributed by atoms with van der Waals surface area (Å²) < 4.78 is 25.8. The maximum Gasteiger partial charge on any atom is 0.254 e. The van der Waals surface area contributed by atoms with Gasteiger partial charge in [-0.2, -0.15) is 14.6 Å². The number of ether oxygens (including phenoxy) is 2. The van der Waals surface area contributed by atoms with Gasteiger partial charge in [-0.15, -0.1) is 0 Å². The zero-order valence-corrected chi connectivity index (χ0v) is 22.8. The Balaban J connectivity index is 1.12. The van der Waals surface area contributed by atoms with Gasteiger partial charge in [0.05, 0.1) is 35.3 Å². The first-order valence-corrected chi connectivity index (χ1v) is 13.9. The Kier molecular flexibility index (Phi) is 9.09. The van der Waals surface area contributed by atoms with Crippen LogP contribution in [0.15, 0.2) is 48.7 Å². The van der Waals surface area contributed by atoms with Gasteiger partial charge >= 0.3 is 0 Å². The largest absolute Gasteiger partial charge is 0.472 e. The monoisotopic (exact) mass is 563 g/mol. The summed E-state index contributed by atoms with van der Waals surface area (Å²) in [5.41, 5.74) is 2.80. The molecule has 0 radical (unpaired) electrons. The average Bonchev–Trinajstić information content (AvgIpc) is 2.92. The van der Waals surface area contributed by atoms with Gasteiger partial charge < -0.3 is 20.1 Å². The van der Waals surface area contributed by atoms with E-state index in [2.05, 4.69) is 26.7 Å². The molecule has 1 saturated heterocycles. The van der Waals surface area contributed by atoms with Crippen molar-refractivity contribution in [1.29, 1.82) is 5.26 Å². The molecule has 1 saturated carbocycles. The molecule has 2 N–H and O–H groups in total. The molecule has 0 spiro atoms. The number of nitrogens with zero attached hydrogens (tertiary/aromatic N) is 3. The van der Waals surface area contributed by atoms with Gasteiger partial charge in [-0.05, 0) is 73.9 Å². The number of benzene rings is 2. The van der Waals surface area contributed by atoms with E-state index in [1.165, 1.54) is 0 Å². The first-order chi connectivity index (χ1) is 19.4. The number of nitrogens with one attached hydrogen (secondary N) is 2. The van der Waals surface area contributed by atoms with Gasteiger partial charge in [0.1, 0.15) is 11.9 Å². The number of aromatic nitrogens is 2. The van der Waals surface area contributed by atoms with E-state index in [4.69, 9.17) is 21.1 Å². The zero-order chi connectivity index (χ0) is 27.9. The molecular formula is C30H31ClFN5O3. The third-order valence-electron chi connectivity index (χ3n) is 7.32. The van der Waals surface area contributed by atoms with Crippen LogP contribution in [-0.2, 0) is 16.0 Å². The second-order valence-corrected chi connectivity index (χ2v) is 10.7. The summed E-state index contributed by atoms with van der Waals surface area (Å²) in [5.74, 6) is -0.0664. The predicted molar refractivity (Wildman–Crippen MR) is 150 cm³/mol. The molecule has 3 aromatic rings. The number of halogens is 2. The van der Waals surface area contributed by atoms with Gasteiger partial charge in [0.25, 0.3) is 5.88 Å². The smallest absolute Gasteiger partial charge is 0.254 e. The van der Waals surface area contributed by atoms with Gasteiger partial charge in [-0.3, -0.25) is 4.79 Å². The Morgan fingerprint density at radius 2 is 1.90 bits per heavy atom. The lowest BCUT2D eigenvalue weighted by Gasteiger charge is -2.29. The van der Waals surface area contributed by atoms with Crippen LogP contribution in [0, 0.1) is 23.1 Å². The van der Waals surface area contributed by atoms with Crippen LogP contribution in [0.2, 0.25) is 5.02 Å². The molecule has 1 amide bonds. The Bertz CT molecular complexity index is 1370. The Hall–Kier alpha value is -3.74. The molecule has 10 heteroatoms. The average molecular weight is 564 g/mol. The van der Waals surface area contributed by atoms with Crippen molar-refractivity contribution in [2.24, 2.45) is 5.92 Å². The maximum absolute atomic E-state index is 14.4. The Labute approximate surface area is 237 Å². The highest BCUT2D eigenvalue weighted by Gasteiger charge is 2.26. The summed E-state index contributed by atoms with van der Waals surface area (Å²) in [6.45, 7) is 1.42. The maximum atomic E-state index is 14.4. The lowest BCUT2D eigenvalue weighted by molar-refractivity contribution is -0.117. The molecule has 2 aliphatic rings. The highest BCUT2D eigenvalue weighted by molar-refractivity contribution is 6.30. The third kappa shape index (κ3) is 7.46. The quantitative estimate of drug-likeness (QED) is 0.316. The van der Waals surface area contributed by atoms with Gasteiger partial charge in [-0.1, -0.05) is 23.7 Å². The van der Waals surface area contributed by atoms with E-state index in [0.29, 0.717) is 54.3 Å². The van der Waals surface area contributed by atoms with Crippen LogP contribution in [0.5, 0.6) is 5.88 Å². The van der Waals surface area contributed by atoms with Crippen molar-refractivity contribution in [3.63, 3.8) is 0 Å². The summed E-state index contributed by atoms with van der Waals surface area (Å²) in [7, 11) is 0. The molecule has 0 unspecified atom stereocenters. The lowest BCUT2D eigenvalue weighted by Crippen LogP contribution is -2.33. The molecule has 1 atom stereocenters. The minimum Gasteiger partial charge on any atom is -0.472 e. The zero-order valence-electron chi connectivity index (χ0n) is 22.0. The summed E-state index contributed by atoms with van der Waals surface area (Å²) >= 11 is 5.95. The van der Waals surface area contributed by atoms with E-state index in [9.17, 15) is 14.4 Å². The van der Waals surface area contributed by atoms with Crippen molar-refractivity contribution in [1.82, 2.24) is 9.97 Å². The summed E-state index contributed by atoms with van der Waals surface area (Å²) in [4.78, 5) is 21.3. The normalized spacial score (nSPS) is 20.2. The number of anilines is 2. The van der Waals surface area contributed by atoms with Crippen molar-refractivity contribution in [3.8, 4) is 11.9 Å². The van der Waals surface area contributed by atoms with Gasteiger partial charge in [0.2, 0.25) is 11.7 Å². The van der Waals surface area contributed by atoms with Crippen LogP contribution in [0.4, 0.5) is 15.8 Å². The first-order valence-electron chi connectivity index (χ1n) is 13.6. The lowest BCUT2D eigenvalue weighted by atomic mass is 9.85. The molecule has 1 aliphatic carbocycles. The highest BCUT2D eigenvalue weighted by atomic mass is 35.5. The van der Waals surface area contributed by atoms with Gasteiger partial charge in [0, 0.05) is 31.0 Å². The molecule has 208 valence electrons. The fourth-order valence-electron chi connectivity index (χ4n) is 4.95. The van der Waals surface area contributed by atoms with Crippen LogP contribution < -0.4 is 15.4 Å². The fraction of sp³-hybridized carbons (Fsp3) is 0.400. The molecule has 0 bridgehead atoms. The highest BCUT2D eigenvalue weighted by Crippen LogP contribution is 2.31. The number of nitriles is 1. The summed E-state index contributed by atoms with van der Waals surface area (Å²) in [6, 6.07) is 14.7. The number of carbonyl (C=O) groups excluding carboxylic acids is 1. The molecule has 2 fully saturated rings. The van der Waals surface area contributed by atoms with Crippen molar-refractivity contribution in [2.45, 2.75) is 57.2 Å². The van der Waals surface area contributed by atoms with Crippen LogP contribution in [0.1, 0.15) is 55.5 Å². The minimum atomic E-state index is -0.589.